The second-order valence-electron chi connectivity index (χ2n) is 8.77. The fourth-order valence-corrected chi connectivity index (χ4v) is 4.42. The summed E-state index contributed by atoms with van der Waals surface area (Å²) in [4.78, 5) is 14.2. The van der Waals surface area contributed by atoms with E-state index in [1.54, 1.807) is 4.90 Å². The third kappa shape index (κ3) is 6.26. The van der Waals surface area contributed by atoms with Gasteiger partial charge in [0.1, 0.15) is 12.2 Å². The molecule has 180 valence electrons. The van der Waals surface area contributed by atoms with Gasteiger partial charge in [0.2, 0.25) is 5.91 Å². The van der Waals surface area contributed by atoms with Gasteiger partial charge in [-0.25, -0.2) is 5.84 Å². The molecular formula is C23H31F3N5O2+. The molecule has 2 aliphatic heterocycles. The summed E-state index contributed by atoms with van der Waals surface area (Å²) in [5.74, 6) is 8.52. The molecule has 7 nitrogen and oxygen atoms in total. The van der Waals surface area contributed by atoms with E-state index < -0.39 is 29.4 Å². The van der Waals surface area contributed by atoms with Crippen molar-refractivity contribution in [2.24, 2.45) is 5.84 Å². The first-order valence-electron chi connectivity index (χ1n) is 11.0. The quantitative estimate of drug-likeness (QED) is 0.293. The molecule has 33 heavy (non-hydrogen) atoms. The Bertz CT molecular complexity index is 906. The number of halogens is 3. The number of carbonyl (C=O) groups is 1. The molecule has 2 aliphatic rings. The van der Waals surface area contributed by atoms with E-state index in [9.17, 15) is 23.1 Å². The Morgan fingerprint density at radius 2 is 1.94 bits per heavy atom. The average Bonchev–Trinajstić information content (AvgIpc) is 2.78. The van der Waals surface area contributed by atoms with Gasteiger partial charge in [0, 0.05) is 25.9 Å². The number of amides is 1. The largest absolute Gasteiger partial charge is 0.416 e. The summed E-state index contributed by atoms with van der Waals surface area (Å²) >= 11 is 0. The number of quaternary nitrogens is 1. The van der Waals surface area contributed by atoms with Crippen LogP contribution in [-0.4, -0.2) is 52.6 Å². The van der Waals surface area contributed by atoms with Crippen LogP contribution >= 0.6 is 0 Å². The number of alkyl halides is 3. The first kappa shape index (κ1) is 25.1. The molecule has 2 fully saturated rings. The zero-order valence-electron chi connectivity index (χ0n) is 18.4. The first-order chi connectivity index (χ1) is 15.5. The smallest absolute Gasteiger partial charge is 0.385 e. The minimum atomic E-state index is -4.46. The number of hydrazine groups is 1. The van der Waals surface area contributed by atoms with Crippen molar-refractivity contribution < 1.29 is 28.8 Å². The summed E-state index contributed by atoms with van der Waals surface area (Å²) in [6, 6.07) is 3.44. The molecule has 7 N–H and O–H groups in total. The minimum absolute atomic E-state index is 0.00647. The summed E-state index contributed by atoms with van der Waals surface area (Å²) in [7, 11) is 0. The topological polar surface area (TPSA) is 109 Å². The van der Waals surface area contributed by atoms with Crippen LogP contribution in [0.3, 0.4) is 0 Å². The van der Waals surface area contributed by atoms with Crippen LogP contribution in [0.4, 0.5) is 13.2 Å². The van der Waals surface area contributed by atoms with Crippen molar-refractivity contribution in [3.8, 4) is 12.3 Å². The van der Waals surface area contributed by atoms with Crippen LogP contribution in [0.1, 0.15) is 43.2 Å². The summed E-state index contributed by atoms with van der Waals surface area (Å²) in [5, 5.41) is 15.8. The van der Waals surface area contributed by atoms with E-state index in [-0.39, 0.29) is 25.3 Å². The number of nitrogens with zero attached hydrogens (tertiary/aromatic N) is 2. The van der Waals surface area contributed by atoms with Crippen molar-refractivity contribution in [3.63, 3.8) is 0 Å². The molecule has 1 amide bonds. The number of hydrogen-bond donors (Lipinski definition) is 4. The Kier molecular flexibility index (Phi) is 7.69. The summed E-state index contributed by atoms with van der Waals surface area (Å²) in [5.41, 5.74) is 2.64. The zero-order chi connectivity index (χ0) is 24.2. The standard InChI is InChI=1S/C23H30F3N5O2/c1-2-18-12-22(33,16-6-8-17(9-7-16)23(24,25)26)13-20(29-18)19(27)14-31(28)15-21(32)30-10-4-3-5-11-30/h1,6-9,14,18,20,29,33H,3-5,10-13,15,27-28H2/p+1/b19-14-/t18-,20-,22?/m0/s1. The molecule has 2 heterocycles. The Morgan fingerprint density at radius 3 is 2.52 bits per heavy atom. The Morgan fingerprint density at radius 1 is 1.30 bits per heavy atom. The molecular weight excluding hydrogens is 435 g/mol. The van der Waals surface area contributed by atoms with Crippen LogP contribution in [0.15, 0.2) is 36.2 Å². The van der Waals surface area contributed by atoms with Gasteiger partial charge < -0.3 is 20.7 Å². The lowest BCUT2D eigenvalue weighted by Crippen LogP contribution is -2.63. The van der Waals surface area contributed by atoms with Crippen LogP contribution < -0.4 is 16.9 Å². The Labute approximate surface area is 191 Å². The average molecular weight is 467 g/mol. The number of aliphatic hydroxyl groups is 1. The van der Waals surface area contributed by atoms with Gasteiger partial charge in [-0.3, -0.25) is 10.1 Å². The number of terminal acetylenes is 1. The number of benzene rings is 1. The lowest BCUT2D eigenvalue weighted by molar-refractivity contribution is -0.315. The highest BCUT2D eigenvalue weighted by molar-refractivity contribution is 5.78. The second kappa shape index (κ2) is 10.1. The normalized spacial score (nSPS) is 26.6. The highest BCUT2D eigenvalue weighted by Gasteiger charge is 2.42. The van der Waals surface area contributed by atoms with Gasteiger partial charge in [-0.05, 0) is 37.0 Å². The van der Waals surface area contributed by atoms with E-state index in [0.29, 0.717) is 11.3 Å². The summed E-state index contributed by atoms with van der Waals surface area (Å²) < 4.78 is 38.7. The van der Waals surface area contributed by atoms with Crippen LogP contribution in [0.5, 0.6) is 0 Å². The fraction of sp³-hybridized carbons (Fsp3) is 0.522. The second-order valence-corrected chi connectivity index (χ2v) is 8.77. The van der Waals surface area contributed by atoms with Crippen LogP contribution in [0.2, 0.25) is 0 Å². The van der Waals surface area contributed by atoms with Gasteiger partial charge in [0.25, 0.3) is 0 Å². The molecule has 0 radical (unpaired) electrons. The lowest BCUT2D eigenvalue weighted by atomic mass is 9.78. The number of rotatable bonds is 5. The molecule has 0 saturated carbocycles. The van der Waals surface area contributed by atoms with Gasteiger partial charge in [-0.15, -0.1) is 6.42 Å². The molecule has 0 aromatic heterocycles. The number of nitrogens with one attached hydrogen (secondary N) is 1. The van der Waals surface area contributed by atoms with Crippen molar-refractivity contribution in [1.29, 1.82) is 0 Å². The van der Waals surface area contributed by atoms with E-state index in [1.807, 2.05) is 0 Å². The predicted octanol–water partition coefficient (Wildman–Crippen LogP) is 0.918. The highest BCUT2D eigenvalue weighted by Crippen LogP contribution is 2.37. The van der Waals surface area contributed by atoms with Crippen molar-refractivity contribution in [2.75, 3.05) is 19.6 Å². The van der Waals surface area contributed by atoms with Gasteiger partial charge in [0.05, 0.1) is 29.4 Å². The molecule has 0 bridgehead atoms. The van der Waals surface area contributed by atoms with Gasteiger partial charge in [-0.1, -0.05) is 18.1 Å². The van der Waals surface area contributed by atoms with E-state index in [4.69, 9.17) is 12.3 Å². The van der Waals surface area contributed by atoms with Crippen LogP contribution in [0, 0.1) is 12.3 Å². The molecule has 0 aliphatic carbocycles. The first-order valence-corrected chi connectivity index (χ1v) is 11.0. The third-order valence-corrected chi connectivity index (χ3v) is 6.24. The summed E-state index contributed by atoms with van der Waals surface area (Å²) in [6.07, 6.45) is 6.03. The Balaban J connectivity index is 1.72. The van der Waals surface area contributed by atoms with E-state index in [2.05, 4.69) is 17.0 Å². The molecule has 3 rings (SSSR count). The van der Waals surface area contributed by atoms with Crippen molar-refractivity contribution in [3.05, 3.63) is 47.3 Å². The number of hydrogen-bond acceptors (Lipinski definition) is 5. The van der Waals surface area contributed by atoms with Crippen molar-refractivity contribution >= 4 is 5.91 Å². The molecule has 2 saturated heterocycles. The maximum absolute atomic E-state index is 12.9. The zero-order valence-corrected chi connectivity index (χ0v) is 18.4. The van der Waals surface area contributed by atoms with Gasteiger partial charge in [-0.2, -0.15) is 13.2 Å². The van der Waals surface area contributed by atoms with E-state index >= 15 is 0 Å². The molecule has 0 spiro atoms. The number of carbonyl (C=O) groups excluding carboxylic acids is 1. The molecule has 1 aromatic rings. The van der Waals surface area contributed by atoms with Crippen LogP contribution in [0.25, 0.3) is 0 Å². The maximum Gasteiger partial charge on any atom is 0.416 e. The molecule has 1 aromatic carbocycles. The predicted molar refractivity (Wildman–Crippen MR) is 116 cm³/mol. The number of likely N-dealkylation sites (tertiary alicyclic amines) is 1. The lowest BCUT2D eigenvalue weighted by Gasteiger charge is -2.40. The summed E-state index contributed by atoms with van der Waals surface area (Å²) in [6.45, 7) is 1.44. The minimum Gasteiger partial charge on any atom is -0.385 e. The Hall–Kier alpha value is -2.58. The third-order valence-electron chi connectivity index (χ3n) is 6.24. The van der Waals surface area contributed by atoms with Crippen LogP contribution in [-0.2, 0) is 16.6 Å². The van der Waals surface area contributed by atoms with Crippen molar-refractivity contribution in [1.82, 2.24) is 15.2 Å². The van der Waals surface area contributed by atoms with E-state index in [0.717, 1.165) is 44.5 Å². The van der Waals surface area contributed by atoms with Gasteiger partial charge >= 0.3 is 6.18 Å². The van der Waals surface area contributed by atoms with Crippen molar-refractivity contribution in [2.45, 2.75) is 56.0 Å². The monoisotopic (exact) mass is 466 g/mol. The highest BCUT2D eigenvalue weighted by atomic mass is 19.4. The molecule has 1 unspecified atom stereocenters. The molecule has 3 atom stereocenters. The maximum atomic E-state index is 12.9. The number of nitrogens with two attached hydrogens (primary N) is 1. The fourth-order valence-electron chi connectivity index (χ4n) is 4.42. The molecule has 10 heteroatoms. The SMILES string of the molecule is C#C[C@H]1CC(O)(c2ccc(C(F)(F)F)cc2)C[C@@H](/C([NH3+])=C/N(N)CC(=O)N2CCCCC2)N1. The van der Waals surface area contributed by atoms with Gasteiger partial charge in [0.15, 0.2) is 0 Å². The van der Waals surface area contributed by atoms with E-state index in [1.165, 1.54) is 23.3 Å². The number of piperidine rings is 2.